The molecule has 1 heterocycles. The first-order chi connectivity index (χ1) is 8.02. The highest BCUT2D eigenvalue weighted by atomic mass is 35.5. The lowest BCUT2D eigenvalue weighted by Gasteiger charge is -2.06. The quantitative estimate of drug-likeness (QED) is 0.771. The van der Waals surface area contributed by atoms with Gasteiger partial charge in [-0.25, -0.2) is 13.8 Å². The first kappa shape index (κ1) is 12.9. The number of hydrogen-bond donors (Lipinski definition) is 0. The van der Waals surface area contributed by atoms with Crippen molar-refractivity contribution in [1.82, 2.24) is 9.55 Å². The maximum absolute atomic E-state index is 12.5. The van der Waals surface area contributed by atoms with Crippen LogP contribution in [0.25, 0.3) is 11.0 Å². The zero-order valence-corrected chi connectivity index (χ0v) is 10.7. The van der Waals surface area contributed by atoms with Crippen LogP contribution in [0.5, 0.6) is 0 Å². The van der Waals surface area contributed by atoms with E-state index < -0.39 is 13.0 Å². The Bertz CT molecular complexity index is 554. The van der Waals surface area contributed by atoms with Crippen molar-refractivity contribution >= 4 is 45.8 Å². The third kappa shape index (κ3) is 2.49. The van der Waals surface area contributed by atoms with Crippen molar-refractivity contribution in [3.8, 4) is 0 Å². The van der Waals surface area contributed by atoms with Gasteiger partial charge in [0.15, 0.2) is 0 Å². The maximum atomic E-state index is 12.5. The van der Waals surface area contributed by atoms with Crippen LogP contribution in [0.2, 0.25) is 10.0 Å². The Labute approximate surface area is 111 Å². The second kappa shape index (κ2) is 4.96. The maximum Gasteiger partial charge on any atom is 0.256 e. The second-order valence-corrected chi connectivity index (χ2v) is 4.50. The molecule has 1 aromatic carbocycles. The molecular formula is C10H7Cl3F2N2. The molecule has 0 aliphatic carbocycles. The third-order valence-corrected chi connectivity index (χ3v) is 3.27. The minimum atomic E-state index is -2.48. The van der Waals surface area contributed by atoms with E-state index in [0.29, 0.717) is 26.9 Å². The van der Waals surface area contributed by atoms with E-state index >= 15 is 0 Å². The van der Waals surface area contributed by atoms with Gasteiger partial charge in [-0.05, 0) is 12.1 Å². The average molecular weight is 300 g/mol. The van der Waals surface area contributed by atoms with Crippen LogP contribution in [0.1, 0.15) is 5.82 Å². The SMILES string of the molecule is FC(F)Cn1c(CCl)nc2cc(Cl)c(Cl)cc21. The standard InChI is InChI=1S/C10H7Cl3F2N2/c11-3-10-16-7-1-5(12)6(13)2-8(7)17(10)4-9(14)15/h1-2,9H,3-4H2. The highest BCUT2D eigenvalue weighted by molar-refractivity contribution is 6.42. The number of halogens is 5. The summed E-state index contributed by atoms with van der Waals surface area (Å²) >= 11 is 17.4. The summed E-state index contributed by atoms with van der Waals surface area (Å²) < 4.78 is 26.3. The smallest absolute Gasteiger partial charge is 0.256 e. The number of imidazole rings is 1. The average Bonchev–Trinajstić information content (AvgIpc) is 2.57. The van der Waals surface area contributed by atoms with Crippen LogP contribution in [0.4, 0.5) is 8.78 Å². The van der Waals surface area contributed by atoms with Gasteiger partial charge in [-0.2, -0.15) is 0 Å². The van der Waals surface area contributed by atoms with Gasteiger partial charge in [0.2, 0.25) is 0 Å². The molecule has 0 atom stereocenters. The number of aromatic nitrogens is 2. The Morgan fingerprint density at radius 2 is 1.88 bits per heavy atom. The zero-order valence-electron chi connectivity index (χ0n) is 8.43. The lowest BCUT2D eigenvalue weighted by atomic mass is 10.3. The van der Waals surface area contributed by atoms with Gasteiger partial charge in [0, 0.05) is 0 Å². The summed E-state index contributed by atoms with van der Waals surface area (Å²) in [5.74, 6) is 0.427. The molecule has 2 nitrogen and oxygen atoms in total. The largest absolute Gasteiger partial charge is 0.321 e. The van der Waals surface area contributed by atoms with Crippen LogP contribution in [-0.4, -0.2) is 16.0 Å². The summed E-state index contributed by atoms with van der Waals surface area (Å²) in [6.45, 7) is -0.462. The molecule has 0 aliphatic heterocycles. The van der Waals surface area contributed by atoms with E-state index in [1.165, 1.54) is 16.7 Å². The summed E-state index contributed by atoms with van der Waals surface area (Å²) in [4.78, 5) is 4.14. The number of hydrogen-bond acceptors (Lipinski definition) is 1. The minimum absolute atomic E-state index is 0.0522. The molecule has 0 N–H and O–H groups in total. The monoisotopic (exact) mass is 298 g/mol. The summed E-state index contributed by atoms with van der Waals surface area (Å²) in [7, 11) is 0. The van der Waals surface area contributed by atoms with Crippen LogP contribution in [-0.2, 0) is 12.4 Å². The third-order valence-electron chi connectivity index (χ3n) is 2.31. The number of nitrogens with zero attached hydrogens (tertiary/aromatic N) is 2. The lowest BCUT2D eigenvalue weighted by molar-refractivity contribution is 0.127. The van der Waals surface area contributed by atoms with Crippen LogP contribution >= 0.6 is 34.8 Å². The van der Waals surface area contributed by atoms with E-state index in [2.05, 4.69) is 4.98 Å². The van der Waals surface area contributed by atoms with Crippen molar-refractivity contribution in [2.45, 2.75) is 18.9 Å². The molecule has 0 aliphatic rings. The van der Waals surface area contributed by atoms with Crippen molar-refractivity contribution in [2.75, 3.05) is 0 Å². The summed E-state index contributed by atoms with van der Waals surface area (Å²) in [5.41, 5.74) is 1.02. The van der Waals surface area contributed by atoms with Gasteiger partial charge in [-0.15, -0.1) is 11.6 Å². The van der Waals surface area contributed by atoms with Gasteiger partial charge in [-0.1, -0.05) is 23.2 Å². The molecule has 0 saturated heterocycles. The Balaban J connectivity index is 2.65. The van der Waals surface area contributed by atoms with E-state index in [9.17, 15) is 8.78 Å². The number of benzene rings is 1. The summed E-state index contributed by atoms with van der Waals surface area (Å²) in [5, 5.41) is 0.637. The number of alkyl halides is 3. The molecule has 17 heavy (non-hydrogen) atoms. The van der Waals surface area contributed by atoms with Gasteiger partial charge in [0.05, 0.1) is 33.5 Å². The molecule has 0 spiro atoms. The van der Waals surface area contributed by atoms with Crippen molar-refractivity contribution in [1.29, 1.82) is 0 Å². The van der Waals surface area contributed by atoms with E-state index in [1.807, 2.05) is 0 Å². The fraction of sp³-hybridized carbons (Fsp3) is 0.300. The predicted octanol–water partition coefficient (Wildman–Crippen LogP) is 4.35. The predicted molar refractivity (Wildman–Crippen MR) is 65.3 cm³/mol. The van der Waals surface area contributed by atoms with E-state index in [0.717, 1.165) is 0 Å². The summed E-state index contributed by atoms with van der Waals surface area (Å²) in [6.07, 6.45) is -2.48. The van der Waals surface area contributed by atoms with Crippen LogP contribution in [0.3, 0.4) is 0 Å². The molecule has 0 radical (unpaired) electrons. The zero-order chi connectivity index (χ0) is 12.6. The number of rotatable bonds is 3. The van der Waals surface area contributed by atoms with E-state index in [-0.39, 0.29) is 5.88 Å². The van der Waals surface area contributed by atoms with Gasteiger partial charge in [-0.3, -0.25) is 0 Å². The Kier molecular flexibility index (Phi) is 3.76. The molecule has 2 aromatic rings. The Hall–Kier alpha value is -0.580. The lowest BCUT2D eigenvalue weighted by Crippen LogP contribution is -2.09. The molecule has 2 rings (SSSR count). The van der Waals surface area contributed by atoms with Crippen molar-refractivity contribution in [3.63, 3.8) is 0 Å². The van der Waals surface area contributed by atoms with Gasteiger partial charge >= 0.3 is 0 Å². The Morgan fingerprint density at radius 3 is 2.47 bits per heavy atom. The minimum Gasteiger partial charge on any atom is -0.321 e. The molecule has 0 unspecified atom stereocenters. The van der Waals surface area contributed by atoms with Gasteiger partial charge in [0.25, 0.3) is 6.43 Å². The van der Waals surface area contributed by atoms with Gasteiger partial charge in [0.1, 0.15) is 5.82 Å². The van der Waals surface area contributed by atoms with Gasteiger partial charge < -0.3 is 4.57 Å². The number of fused-ring (bicyclic) bond motifs is 1. The second-order valence-electron chi connectivity index (χ2n) is 3.42. The van der Waals surface area contributed by atoms with Crippen LogP contribution in [0.15, 0.2) is 12.1 Å². The summed E-state index contributed by atoms with van der Waals surface area (Å²) in [6, 6.07) is 3.06. The molecular weight excluding hydrogens is 292 g/mol. The Morgan fingerprint density at radius 1 is 1.24 bits per heavy atom. The molecule has 0 fully saturated rings. The van der Waals surface area contributed by atoms with Crippen LogP contribution < -0.4 is 0 Å². The molecule has 0 saturated carbocycles. The van der Waals surface area contributed by atoms with Crippen molar-refractivity contribution < 1.29 is 8.78 Å². The highest BCUT2D eigenvalue weighted by Crippen LogP contribution is 2.29. The van der Waals surface area contributed by atoms with E-state index in [1.54, 1.807) is 0 Å². The van der Waals surface area contributed by atoms with Crippen molar-refractivity contribution in [2.24, 2.45) is 0 Å². The molecule has 1 aromatic heterocycles. The molecule has 7 heteroatoms. The first-order valence-corrected chi connectivity index (χ1v) is 6.00. The van der Waals surface area contributed by atoms with E-state index in [4.69, 9.17) is 34.8 Å². The normalized spacial score (nSPS) is 11.6. The molecule has 0 amide bonds. The topological polar surface area (TPSA) is 17.8 Å². The first-order valence-electron chi connectivity index (χ1n) is 4.71. The fourth-order valence-electron chi connectivity index (χ4n) is 1.61. The molecule has 0 bridgehead atoms. The molecule has 92 valence electrons. The highest BCUT2D eigenvalue weighted by Gasteiger charge is 2.15. The van der Waals surface area contributed by atoms with Crippen molar-refractivity contribution in [3.05, 3.63) is 28.0 Å². The fourth-order valence-corrected chi connectivity index (χ4v) is 2.13. The van der Waals surface area contributed by atoms with Crippen LogP contribution in [0, 0.1) is 0 Å².